The van der Waals surface area contributed by atoms with Crippen LogP contribution in [0.15, 0.2) is 0 Å². The molecule has 0 atom stereocenters. The van der Waals surface area contributed by atoms with Gasteiger partial charge in [-0.1, -0.05) is 6.92 Å². The van der Waals surface area contributed by atoms with Gasteiger partial charge in [0, 0.05) is 19.6 Å². The summed E-state index contributed by atoms with van der Waals surface area (Å²) in [4.78, 5) is 0. The summed E-state index contributed by atoms with van der Waals surface area (Å²) in [6.07, 6.45) is 0. The van der Waals surface area contributed by atoms with E-state index in [9.17, 15) is 5.11 Å². The molecular formula is C6H17N3O. The van der Waals surface area contributed by atoms with Gasteiger partial charge in [0.2, 0.25) is 0 Å². The molecule has 0 aliphatic heterocycles. The van der Waals surface area contributed by atoms with Gasteiger partial charge in [-0.15, -0.1) is 0 Å². The molecule has 0 spiro atoms. The van der Waals surface area contributed by atoms with Gasteiger partial charge in [-0.05, 0) is 6.54 Å². The second-order valence-electron chi connectivity index (χ2n) is 2.41. The summed E-state index contributed by atoms with van der Waals surface area (Å²) in [6.45, 7) is 3.67. The summed E-state index contributed by atoms with van der Waals surface area (Å²) in [6, 6.07) is 0. The molecular weight excluding hydrogens is 130 g/mol. The topological polar surface area (TPSA) is 84.3 Å². The quantitative estimate of drug-likeness (QED) is 0.371. The molecule has 0 saturated heterocycles. The summed E-state index contributed by atoms with van der Waals surface area (Å²) in [5, 5.41) is 12.4. The Bertz CT molecular complexity index is 83.1. The van der Waals surface area contributed by atoms with Crippen LogP contribution in [-0.2, 0) is 0 Å². The van der Waals surface area contributed by atoms with E-state index >= 15 is 0 Å². The first-order valence-electron chi connectivity index (χ1n) is 3.51. The van der Waals surface area contributed by atoms with Crippen molar-refractivity contribution in [3.05, 3.63) is 0 Å². The van der Waals surface area contributed by atoms with Gasteiger partial charge >= 0.3 is 0 Å². The van der Waals surface area contributed by atoms with E-state index in [-0.39, 0.29) is 13.1 Å². The molecule has 0 heterocycles. The maximum Gasteiger partial charge on any atom is 0.101 e. The minimum atomic E-state index is -0.921. The van der Waals surface area contributed by atoms with Gasteiger partial charge in [0.05, 0.1) is 0 Å². The Balaban J connectivity index is 3.58. The summed E-state index contributed by atoms with van der Waals surface area (Å²) in [5.41, 5.74) is 9.66. The van der Waals surface area contributed by atoms with Crippen LogP contribution in [0.25, 0.3) is 0 Å². The van der Waals surface area contributed by atoms with Crippen LogP contribution in [0.2, 0.25) is 0 Å². The SMILES string of the molecule is CCNCC(O)(CN)CN. The molecule has 6 N–H and O–H groups in total. The van der Waals surface area contributed by atoms with Gasteiger partial charge in [0.1, 0.15) is 5.60 Å². The van der Waals surface area contributed by atoms with Crippen molar-refractivity contribution in [1.82, 2.24) is 5.32 Å². The standard InChI is InChI=1S/C6H17N3O/c1-2-9-5-6(10,3-7)4-8/h9-10H,2-5,7-8H2,1H3. The zero-order chi connectivity index (χ0) is 8.04. The van der Waals surface area contributed by atoms with Crippen molar-refractivity contribution in [1.29, 1.82) is 0 Å². The Morgan fingerprint density at radius 3 is 2.20 bits per heavy atom. The van der Waals surface area contributed by atoms with Crippen molar-refractivity contribution in [2.24, 2.45) is 11.5 Å². The van der Waals surface area contributed by atoms with Crippen molar-refractivity contribution < 1.29 is 5.11 Å². The normalized spacial score (nSPS) is 12.0. The van der Waals surface area contributed by atoms with E-state index in [0.29, 0.717) is 6.54 Å². The number of nitrogens with two attached hydrogens (primary N) is 2. The highest BCUT2D eigenvalue weighted by Crippen LogP contribution is 1.95. The third kappa shape index (κ3) is 3.12. The fourth-order valence-corrected chi connectivity index (χ4v) is 0.585. The largest absolute Gasteiger partial charge is 0.386 e. The van der Waals surface area contributed by atoms with Crippen LogP contribution in [-0.4, -0.2) is 36.9 Å². The maximum atomic E-state index is 9.45. The highest BCUT2D eigenvalue weighted by Gasteiger charge is 2.21. The Labute approximate surface area is 61.6 Å². The number of nitrogens with one attached hydrogen (secondary N) is 1. The van der Waals surface area contributed by atoms with Gasteiger partial charge in [-0.3, -0.25) is 0 Å². The number of hydrogen-bond donors (Lipinski definition) is 4. The van der Waals surface area contributed by atoms with Crippen molar-refractivity contribution in [2.45, 2.75) is 12.5 Å². The van der Waals surface area contributed by atoms with E-state index in [0.717, 1.165) is 6.54 Å². The van der Waals surface area contributed by atoms with Crippen LogP contribution >= 0.6 is 0 Å². The average Bonchev–Trinajstić information content (AvgIpc) is 2.00. The lowest BCUT2D eigenvalue weighted by Gasteiger charge is -2.24. The van der Waals surface area contributed by atoms with Crippen LogP contribution in [0.3, 0.4) is 0 Å². The van der Waals surface area contributed by atoms with Gasteiger partial charge in [-0.25, -0.2) is 0 Å². The first kappa shape index (κ1) is 9.84. The second-order valence-corrected chi connectivity index (χ2v) is 2.41. The number of likely N-dealkylation sites (N-methyl/N-ethyl adjacent to an activating group) is 1. The third-order valence-corrected chi connectivity index (χ3v) is 1.46. The molecule has 0 aromatic carbocycles. The van der Waals surface area contributed by atoms with Crippen molar-refractivity contribution >= 4 is 0 Å². The van der Waals surface area contributed by atoms with Crippen molar-refractivity contribution in [3.63, 3.8) is 0 Å². The zero-order valence-corrected chi connectivity index (χ0v) is 6.43. The first-order chi connectivity index (χ1) is 4.68. The van der Waals surface area contributed by atoms with Gasteiger partial charge in [0.15, 0.2) is 0 Å². The Morgan fingerprint density at radius 1 is 1.40 bits per heavy atom. The smallest absolute Gasteiger partial charge is 0.101 e. The fraction of sp³-hybridized carbons (Fsp3) is 1.00. The summed E-state index contributed by atoms with van der Waals surface area (Å²) in [7, 11) is 0. The monoisotopic (exact) mass is 147 g/mol. The lowest BCUT2D eigenvalue weighted by Crippen LogP contribution is -2.52. The van der Waals surface area contributed by atoms with Crippen LogP contribution in [0, 0.1) is 0 Å². The van der Waals surface area contributed by atoms with Gasteiger partial charge in [0.25, 0.3) is 0 Å². The minimum Gasteiger partial charge on any atom is -0.386 e. The zero-order valence-electron chi connectivity index (χ0n) is 6.43. The summed E-state index contributed by atoms with van der Waals surface area (Å²) >= 11 is 0. The fourth-order valence-electron chi connectivity index (χ4n) is 0.585. The molecule has 0 amide bonds. The molecule has 0 unspecified atom stereocenters. The minimum absolute atomic E-state index is 0.205. The van der Waals surface area contributed by atoms with Crippen molar-refractivity contribution in [2.75, 3.05) is 26.2 Å². The Kier molecular flexibility index (Phi) is 4.55. The van der Waals surface area contributed by atoms with E-state index in [1.165, 1.54) is 0 Å². The molecule has 4 heteroatoms. The lowest BCUT2D eigenvalue weighted by atomic mass is 10.1. The molecule has 62 valence electrons. The number of aliphatic hydroxyl groups is 1. The molecule has 0 aliphatic carbocycles. The molecule has 0 aromatic rings. The van der Waals surface area contributed by atoms with E-state index < -0.39 is 5.60 Å². The first-order valence-corrected chi connectivity index (χ1v) is 3.51. The van der Waals surface area contributed by atoms with E-state index in [1.54, 1.807) is 0 Å². The van der Waals surface area contributed by atoms with Crippen LogP contribution in [0.5, 0.6) is 0 Å². The molecule has 0 fully saturated rings. The van der Waals surface area contributed by atoms with E-state index in [4.69, 9.17) is 11.5 Å². The molecule has 0 saturated carbocycles. The highest BCUT2D eigenvalue weighted by atomic mass is 16.3. The second kappa shape index (κ2) is 4.62. The van der Waals surface area contributed by atoms with Crippen LogP contribution in [0.4, 0.5) is 0 Å². The lowest BCUT2D eigenvalue weighted by molar-refractivity contribution is 0.0586. The predicted molar refractivity (Wildman–Crippen MR) is 41.6 cm³/mol. The number of hydrogen-bond acceptors (Lipinski definition) is 4. The molecule has 10 heavy (non-hydrogen) atoms. The third-order valence-electron chi connectivity index (χ3n) is 1.46. The summed E-state index contributed by atoms with van der Waals surface area (Å²) < 4.78 is 0. The average molecular weight is 147 g/mol. The summed E-state index contributed by atoms with van der Waals surface area (Å²) in [5.74, 6) is 0. The highest BCUT2D eigenvalue weighted by molar-refractivity contribution is 4.82. The van der Waals surface area contributed by atoms with E-state index in [1.807, 2.05) is 6.92 Å². The molecule has 0 aliphatic rings. The van der Waals surface area contributed by atoms with Crippen LogP contribution < -0.4 is 16.8 Å². The molecule has 0 rings (SSSR count). The molecule has 0 bridgehead atoms. The molecule has 4 nitrogen and oxygen atoms in total. The molecule has 0 aromatic heterocycles. The molecule has 0 radical (unpaired) electrons. The Morgan fingerprint density at radius 2 is 1.90 bits per heavy atom. The van der Waals surface area contributed by atoms with Gasteiger partial charge in [-0.2, -0.15) is 0 Å². The van der Waals surface area contributed by atoms with Gasteiger partial charge < -0.3 is 21.9 Å². The maximum absolute atomic E-state index is 9.45. The van der Waals surface area contributed by atoms with E-state index in [2.05, 4.69) is 5.32 Å². The number of rotatable bonds is 5. The van der Waals surface area contributed by atoms with Crippen LogP contribution in [0.1, 0.15) is 6.92 Å². The Hall–Kier alpha value is -0.160. The van der Waals surface area contributed by atoms with Crippen molar-refractivity contribution in [3.8, 4) is 0 Å². The predicted octanol–water partition coefficient (Wildman–Crippen LogP) is -1.76.